The fourth-order valence-corrected chi connectivity index (χ4v) is 4.17. The molecule has 0 bridgehead atoms. The van der Waals surface area contributed by atoms with Gasteiger partial charge >= 0.3 is 0 Å². The lowest BCUT2D eigenvalue weighted by molar-refractivity contribution is 0.0258. The van der Waals surface area contributed by atoms with E-state index < -0.39 is 5.60 Å². The molecule has 8 nitrogen and oxygen atoms in total. The molecule has 2 aliphatic rings. The molecule has 31 heavy (non-hydrogen) atoms. The fraction of sp³-hybridized carbons (Fsp3) is 0.565. The lowest BCUT2D eigenvalue weighted by Gasteiger charge is -2.39. The minimum Gasteiger partial charge on any atom is -0.492 e. The SMILES string of the molecule is OC1(CNCc2ccc(OCCN3CCOCC3)cc2)CCCN(c2cnccn2)C1. The van der Waals surface area contributed by atoms with Gasteiger partial charge < -0.3 is 24.8 Å². The number of morpholine rings is 1. The molecule has 2 aromatic rings. The number of β-amino-alcohol motifs (C(OH)–C–C–N with tert-alkyl or cyclic N) is 1. The smallest absolute Gasteiger partial charge is 0.147 e. The van der Waals surface area contributed by atoms with E-state index in [1.165, 1.54) is 5.56 Å². The second-order valence-electron chi connectivity index (χ2n) is 8.36. The Labute approximate surface area is 184 Å². The molecule has 168 valence electrons. The lowest BCUT2D eigenvalue weighted by Crippen LogP contribution is -2.53. The summed E-state index contributed by atoms with van der Waals surface area (Å²) in [7, 11) is 0. The van der Waals surface area contributed by atoms with E-state index in [0.717, 1.165) is 63.8 Å². The molecule has 1 aromatic heterocycles. The average molecular weight is 428 g/mol. The maximum absolute atomic E-state index is 11.0. The molecule has 4 rings (SSSR count). The highest BCUT2D eigenvalue weighted by Gasteiger charge is 2.33. The van der Waals surface area contributed by atoms with Crippen LogP contribution in [0.15, 0.2) is 42.9 Å². The molecule has 0 amide bonds. The van der Waals surface area contributed by atoms with E-state index in [4.69, 9.17) is 9.47 Å². The van der Waals surface area contributed by atoms with Gasteiger partial charge in [0.25, 0.3) is 0 Å². The summed E-state index contributed by atoms with van der Waals surface area (Å²) in [6.45, 7) is 7.92. The van der Waals surface area contributed by atoms with Crippen LogP contribution in [0.4, 0.5) is 5.82 Å². The first-order valence-electron chi connectivity index (χ1n) is 11.2. The number of anilines is 1. The van der Waals surface area contributed by atoms with Gasteiger partial charge in [-0.05, 0) is 30.5 Å². The molecule has 2 N–H and O–H groups in total. The number of nitrogens with zero attached hydrogens (tertiary/aromatic N) is 4. The second-order valence-corrected chi connectivity index (χ2v) is 8.36. The van der Waals surface area contributed by atoms with Crippen LogP contribution >= 0.6 is 0 Å². The Morgan fingerprint density at radius 2 is 1.97 bits per heavy atom. The van der Waals surface area contributed by atoms with Crippen molar-refractivity contribution in [2.24, 2.45) is 0 Å². The molecular weight excluding hydrogens is 394 g/mol. The van der Waals surface area contributed by atoms with Crippen LogP contribution < -0.4 is 15.0 Å². The van der Waals surface area contributed by atoms with Gasteiger partial charge in [-0.1, -0.05) is 12.1 Å². The minimum atomic E-state index is -0.766. The normalized spacial score (nSPS) is 22.4. The second kappa shape index (κ2) is 10.9. The Hall–Kier alpha value is -2.26. The molecule has 1 atom stereocenters. The summed E-state index contributed by atoms with van der Waals surface area (Å²) < 4.78 is 11.2. The number of hydrogen-bond donors (Lipinski definition) is 2. The van der Waals surface area contributed by atoms with Gasteiger partial charge in [-0.25, -0.2) is 4.98 Å². The summed E-state index contributed by atoms with van der Waals surface area (Å²) in [5.74, 6) is 1.72. The standard InChI is InChI=1S/C23H33N5O3/c29-23(6-1-9-28(19-23)22-17-24-7-8-26-22)18-25-16-20-2-4-21(5-3-20)31-15-12-27-10-13-30-14-11-27/h2-5,7-8,17,25,29H,1,6,9-16,18-19H2. The lowest BCUT2D eigenvalue weighted by atomic mass is 9.92. The van der Waals surface area contributed by atoms with Crippen LogP contribution in [0.5, 0.6) is 5.75 Å². The maximum atomic E-state index is 11.0. The van der Waals surface area contributed by atoms with Crippen LogP contribution in [0.25, 0.3) is 0 Å². The van der Waals surface area contributed by atoms with Crippen LogP contribution in [-0.2, 0) is 11.3 Å². The number of nitrogens with one attached hydrogen (secondary N) is 1. The Balaban J connectivity index is 1.18. The van der Waals surface area contributed by atoms with Gasteiger partial charge in [0.2, 0.25) is 0 Å². The van der Waals surface area contributed by atoms with E-state index in [1.54, 1.807) is 18.6 Å². The topological polar surface area (TPSA) is 83.0 Å². The number of aromatic nitrogens is 2. The van der Waals surface area contributed by atoms with Crippen LogP contribution in [0, 0.1) is 0 Å². The Bertz CT molecular complexity index is 786. The number of piperidine rings is 1. The summed E-state index contributed by atoms with van der Waals surface area (Å²) in [6, 6.07) is 8.19. The van der Waals surface area contributed by atoms with E-state index in [1.807, 2.05) is 12.1 Å². The summed E-state index contributed by atoms with van der Waals surface area (Å²) in [5, 5.41) is 14.5. The Morgan fingerprint density at radius 1 is 1.13 bits per heavy atom. The van der Waals surface area contributed by atoms with Crippen molar-refractivity contribution in [1.82, 2.24) is 20.2 Å². The molecule has 8 heteroatoms. The van der Waals surface area contributed by atoms with Gasteiger partial charge in [-0.3, -0.25) is 9.88 Å². The van der Waals surface area contributed by atoms with Crippen molar-refractivity contribution in [3.8, 4) is 5.75 Å². The van der Waals surface area contributed by atoms with Crippen LogP contribution in [0.3, 0.4) is 0 Å². The van der Waals surface area contributed by atoms with Crippen molar-refractivity contribution in [2.45, 2.75) is 25.0 Å². The molecule has 2 aliphatic heterocycles. The zero-order chi connectivity index (χ0) is 21.4. The highest BCUT2D eigenvalue weighted by Crippen LogP contribution is 2.24. The molecule has 2 fully saturated rings. The largest absolute Gasteiger partial charge is 0.492 e. The first kappa shape index (κ1) is 22.0. The van der Waals surface area contributed by atoms with E-state index in [9.17, 15) is 5.11 Å². The molecule has 1 unspecified atom stereocenters. The van der Waals surface area contributed by atoms with E-state index in [0.29, 0.717) is 26.2 Å². The Morgan fingerprint density at radius 3 is 2.74 bits per heavy atom. The van der Waals surface area contributed by atoms with Crippen molar-refractivity contribution in [3.63, 3.8) is 0 Å². The van der Waals surface area contributed by atoms with Gasteiger partial charge in [-0.15, -0.1) is 0 Å². The van der Waals surface area contributed by atoms with Crippen molar-refractivity contribution in [2.75, 3.05) is 64.0 Å². The summed E-state index contributed by atoms with van der Waals surface area (Å²) in [6.07, 6.45) is 6.83. The number of ether oxygens (including phenoxy) is 2. The maximum Gasteiger partial charge on any atom is 0.147 e. The molecule has 3 heterocycles. The van der Waals surface area contributed by atoms with E-state index >= 15 is 0 Å². The van der Waals surface area contributed by atoms with Gasteiger partial charge in [-0.2, -0.15) is 0 Å². The van der Waals surface area contributed by atoms with Gasteiger partial charge in [0.1, 0.15) is 18.2 Å². The quantitative estimate of drug-likeness (QED) is 0.620. The van der Waals surface area contributed by atoms with Crippen LogP contribution in [-0.4, -0.2) is 84.7 Å². The summed E-state index contributed by atoms with van der Waals surface area (Å²) >= 11 is 0. The van der Waals surface area contributed by atoms with E-state index in [2.05, 4.69) is 37.2 Å². The third kappa shape index (κ3) is 6.61. The van der Waals surface area contributed by atoms with Gasteiger partial charge in [0.15, 0.2) is 0 Å². The number of benzene rings is 1. The van der Waals surface area contributed by atoms with E-state index in [-0.39, 0.29) is 0 Å². The highest BCUT2D eigenvalue weighted by atomic mass is 16.5. The zero-order valence-electron chi connectivity index (χ0n) is 18.1. The van der Waals surface area contributed by atoms with Gasteiger partial charge in [0.05, 0.1) is 25.0 Å². The third-order valence-corrected chi connectivity index (χ3v) is 5.92. The van der Waals surface area contributed by atoms with Crippen molar-refractivity contribution in [3.05, 3.63) is 48.4 Å². The summed E-state index contributed by atoms with van der Waals surface area (Å²) in [4.78, 5) is 13.0. The number of aliphatic hydroxyl groups is 1. The first-order valence-corrected chi connectivity index (χ1v) is 11.2. The van der Waals surface area contributed by atoms with Crippen molar-refractivity contribution < 1.29 is 14.6 Å². The van der Waals surface area contributed by atoms with Crippen LogP contribution in [0.2, 0.25) is 0 Å². The third-order valence-electron chi connectivity index (χ3n) is 5.92. The first-order chi connectivity index (χ1) is 15.2. The number of rotatable bonds is 9. The molecule has 0 spiro atoms. The monoisotopic (exact) mass is 427 g/mol. The molecule has 0 radical (unpaired) electrons. The summed E-state index contributed by atoms with van der Waals surface area (Å²) in [5.41, 5.74) is 0.406. The van der Waals surface area contributed by atoms with Crippen LogP contribution in [0.1, 0.15) is 18.4 Å². The predicted octanol–water partition coefficient (Wildman–Crippen LogP) is 1.31. The fourth-order valence-electron chi connectivity index (χ4n) is 4.17. The average Bonchev–Trinajstić information content (AvgIpc) is 2.81. The number of hydrogen-bond acceptors (Lipinski definition) is 8. The molecule has 1 aromatic carbocycles. The minimum absolute atomic E-state index is 0.543. The van der Waals surface area contributed by atoms with Crippen molar-refractivity contribution >= 4 is 5.82 Å². The highest BCUT2D eigenvalue weighted by molar-refractivity contribution is 5.36. The molecular formula is C23H33N5O3. The predicted molar refractivity (Wildman–Crippen MR) is 119 cm³/mol. The molecule has 0 saturated carbocycles. The van der Waals surface area contributed by atoms with Crippen molar-refractivity contribution in [1.29, 1.82) is 0 Å². The zero-order valence-corrected chi connectivity index (χ0v) is 18.1. The van der Waals surface area contributed by atoms with Gasteiger partial charge in [0, 0.05) is 58.2 Å². The Kier molecular flexibility index (Phi) is 7.69. The molecule has 0 aliphatic carbocycles. The molecule has 2 saturated heterocycles.